The number of amides is 1. The van der Waals surface area contributed by atoms with Gasteiger partial charge < -0.3 is 14.5 Å². The van der Waals surface area contributed by atoms with E-state index in [2.05, 4.69) is 56.5 Å². The molecule has 2 aromatic rings. The van der Waals surface area contributed by atoms with E-state index in [4.69, 9.17) is 9.15 Å². The van der Waals surface area contributed by atoms with E-state index in [1.807, 2.05) is 6.07 Å². The van der Waals surface area contributed by atoms with Gasteiger partial charge in [0.15, 0.2) is 5.69 Å². The minimum Gasteiger partial charge on any atom is -0.447 e. The number of hydrogen-bond acceptors (Lipinski definition) is 6. The Morgan fingerprint density at radius 1 is 1.10 bits per heavy atom. The molecule has 1 amide bonds. The molecule has 0 unspecified atom stereocenters. The van der Waals surface area contributed by atoms with Gasteiger partial charge in [0.25, 0.3) is 5.91 Å². The third-order valence-corrected chi connectivity index (χ3v) is 5.64. The molecule has 2 saturated heterocycles. The number of oxazole rings is 1. The number of ether oxygens (including phenoxy) is 1. The van der Waals surface area contributed by atoms with E-state index < -0.39 is 0 Å². The van der Waals surface area contributed by atoms with Crippen LogP contribution in [0.15, 0.2) is 47.1 Å². The summed E-state index contributed by atoms with van der Waals surface area (Å²) < 4.78 is 10.9. The molecular weight excluding hydrogens is 380 g/mol. The third-order valence-electron chi connectivity index (χ3n) is 5.64. The van der Waals surface area contributed by atoms with Crippen LogP contribution in [0, 0.1) is 0 Å². The van der Waals surface area contributed by atoms with Crippen molar-refractivity contribution in [1.82, 2.24) is 20.1 Å². The second-order valence-electron chi connectivity index (χ2n) is 7.88. The van der Waals surface area contributed by atoms with Crippen LogP contribution >= 0.6 is 0 Å². The second-order valence-corrected chi connectivity index (χ2v) is 7.88. The molecule has 2 fully saturated rings. The summed E-state index contributed by atoms with van der Waals surface area (Å²) in [6.07, 6.45) is 7.56. The van der Waals surface area contributed by atoms with Crippen LogP contribution in [0.25, 0.3) is 6.08 Å². The van der Waals surface area contributed by atoms with Crippen LogP contribution in [-0.2, 0) is 11.3 Å². The van der Waals surface area contributed by atoms with E-state index in [1.165, 1.54) is 11.8 Å². The van der Waals surface area contributed by atoms with Crippen molar-refractivity contribution >= 4 is 12.0 Å². The van der Waals surface area contributed by atoms with Crippen molar-refractivity contribution < 1.29 is 13.9 Å². The number of piperazine rings is 1. The first-order valence-corrected chi connectivity index (χ1v) is 10.8. The van der Waals surface area contributed by atoms with Crippen LogP contribution in [0.5, 0.6) is 0 Å². The molecular formula is C23H30N4O3. The molecule has 1 aromatic heterocycles. The van der Waals surface area contributed by atoms with Crippen LogP contribution in [-0.4, -0.2) is 72.7 Å². The van der Waals surface area contributed by atoms with Gasteiger partial charge in [0, 0.05) is 52.0 Å². The molecule has 2 aliphatic rings. The van der Waals surface area contributed by atoms with Gasteiger partial charge in [-0.25, -0.2) is 4.98 Å². The highest BCUT2D eigenvalue weighted by Crippen LogP contribution is 2.11. The lowest BCUT2D eigenvalue weighted by molar-refractivity contribution is 0.0694. The van der Waals surface area contributed by atoms with Crippen LogP contribution in [0.4, 0.5) is 0 Å². The fraction of sp³-hybridized carbons (Fsp3) is 0.478. The standard InChI is InChI=1S/C23H30N4O3/c28-23(24-20-8-15-29-16-9-20)21-18-30-22(25-21)17-27-13-11-26(12-14-27)10-4-7-19-5-2-1-3-6-19/h1-7,18,20H,8-17H2,(H,24,28)/b7-4+. The van der Waals surface area contributed by atoms with Gasteiger partial charge in [0.05, 0.1) is 6.54 Å². The molecule has 30 heavy (non-hydrogen) atoms. The average molecular weight is 411 g/mol. The lowest BCUT2D eigenvalue weighted by Gasteiger charge is -2.33. The minimum atomic E-state index is -0.160. The second kappa shape index (κ2) is 10.5. The van der Waals surface area contributed by atoms with Gasteiger partial charge in [-0.3, -0.25) is 14.6 Å². The van der Waals surface area contributed by atoms with E-state index in [-0.39, 0.29) is 11.9 Å². The normalized spacial score (nSPS) is 19.3. The summed E-state index contributed by atoms with van der Waals surface area (Å²) in [4.78, 5) is 21.5. The zero-order valence-corrected chi connectivity index (χ0v) is 17.3. The summed E-state index contributed by atoms with van der Waals surface area (Å²) in [6.45, 7) is 6.94. The Morgan fingerprint density at radius 2 is 1.83 bits per heavy atom. The van der Waals surface area contributed by atoms with Crippen molar-refractivity contribution in [2.24, 2.45) is 0 Å². The highest BCUT2D eigenvalue weighted by molar-refractivity contribution is 5.92. The van der Waals surface area contributed by atoms with Crippen molar-refractivity contribution in [2.75, 3.05) is 45.9 Å². The Morgan fingerprint density at radius 3 is 2.60 bits per heavy atom. The monoisotopic (exact) mass is 410 g/mol. The van der Waals surface area contributed by atoms with Crippen molar-refractivity contribution in [3.63, 3.8) is 0 Å². The zero-order chi connectivity index (χ0) is 20.6. The maximum absolute atomic E-state index is 12.4. The summed E-state index contributed by atoms with van der Waals surface area (Å²) in [7, 11) is 0. The van der Waals surface area contributed by atoms with Gasteiger partial charge in [0.1, 0.15) is 6.26 Å². The molecule has 160 valence electrons. The quantitative estimate of drug-likeness (QED) is 0.756. The molecule has 2 aliphatic heterocycles. The minimum absolute atomic E-state index is 0.160. The number of benzene rings is 1. The van der Waals surface area contributed by atoms with Gasteiger partial charge in [-0.2, -0.15) is 0 Å². The molecule has 0 saturated carbocycles. The topological polar surface area (TPSA) is 70.8 Å². The molecule has 3 heterocycles. The largest absolute Gasteiger partial charge is 0.447 e. The number of aromatic nitrogens is 1. The summed E-state index contributed by atoms with van der Waals surface area (Å²) in [6, 6.07) is 10.5. The maximum Gasteiger partial charge on any atom is 0.273 e. The van der Waals surface area contributed by atoms with Crippen molar-refractivity contribution in [2.45, 2.75) is 25.4 Å². The molecule has 0 radical (unpaired) electrons. The number of hydrogen-bond donors (Lipinski definition) is 1. The van der Waals surface area contributed by atoms with Gasteiger partial charge in [-0.15, -0.1) is 0 Å². The van der Waals surface area contributed by atoms with Gasteiger partial charge in [-0.05, 0) is 18.4 Å². The van der Waals surface area contributed by atoms with Crippen molar-refractivity contribution in [3.05, 3.63) is 59.8 Å². The molecule has 7 heteroatoms. The first kappa shape index (κ1) is 20.8. The first-order chi connectivity index (χ1) is 14.8. The van der Waals surface area contributed by atoms with Crippen LogP contribution in [0.3, 0.4) is 0 Å². The number of carbonyl (C=O) groups excluding carboxylic acids is 1. The third kappa shape index (κ3) is 6.01. The molecule has 7 nitrogen and oxygen atoms in total. The van der Waals surface area contributed by atoms with Crippen molar-refractivity contribution in [3.8, 4) is 0 Å². The highest BCUT2D eigenvalue weighted by Gasteiger charge is 2.21. The fourth-order valence-electron chi connectivity index (χ4n) is 3.81. The number of nitrogens with one attached hydrogen (secondary N) is 1. The average Bonchev–Trinajstić information content (AvgIpc) is 3.25. The lowest BCUT2D eigenvalue weighted by atomic mass is 10.1. The predicted molar refractivity (Wildman–Crippen MR) is 115 cm³/mol. The molecule has 0 aliphatic carbocycles. The SMILES string of the molecule is O=C(NC1CCOCC1)c1coc(CN2CCN(C/C=C/c3ccccc3)CC2)n1. The van der Waals surface area contributed by atoms with Crippen LogP contribution in [0.2, 0.25) is 0 Å². The highest BCUT2D eigenvalue weighted by atomic mass is 16.5. The van der Waals surface area contributed by atoms with E-state index in [9.17, 15) is 4.79 Å². The first-order valence-electron chi connectivity index (χ1n) is 10.8. The van der Waals surface area contributed by atoms with E-state index in [1.54, 1.807) is 0 Å². The Balaban J connectivity index is 1.19. The van der Waals surface area contributed by atoms with Gasteiger partial charge in [0.2, 0.25) is 5.89 Å². The molecule has 1 aromatic carbocycles. The molecule has 0 atom stereocenters. The van der Waals surface area contributed by atoms with Gasteiger partial charge >= 0.3 is 0 Å². The number of nitrogens with zero attached hydrogens (tertiary/aromatic N) is 3. The number of carbonyl (C=O) groups is 1. The number of rotatable bonds is 7. The Labute approximate surface area is 177 Å². The van der Waals surface area contributed by atoms with E-state index >= 15 is 0 Å². The molecule has 0 bridgehead atoms. The molecule has 1 N–H and O–H groups in total. The smallest absolute Gasteiger partial charge is 0.273 e. The van der Waals surface area contributed by atoms with Gasteiger partial charge in [-0.1, -0.05) is 42.5 Å². The van der Waals surface area contributed by atoms with Crippen LogP contribution in [0.1, 0.15) is 34.8 Å². The Hall–Kier alpha value is -2.48. The summed E-state index contributed by atoms with van der Waals surface area (Å²) in [5.41, 5.74) is 1.60. The Bertz CT molecular complexity index is 822. The summed E-state index contributed by atoms with van der Waals surface area (Å²) >= 11 is 0. The van der Waals surface area contributed by atoms with E-state index in [0.717, 1.165) is 45.6 Å². The van der Waals surface area contributed by atoms with Crippen molar-refractivity contribution in [1.29, 1.82) is 0 Å². The Kier molecular flexibility index (Phi) is 7.29. The van der Waals surface area contributed by atoms with E-state index in [0.29, 0.717) is 31.3 Å². The summed E-state index contributed by atoms with van der Waals surface area (Å²) in [5.74, 6) is 0.441. The maximum atomic E-state index is 12.4. The zero-order valence-electron chi connectivity index (χ0n) is 17.3. The molecule has 0 spiro atoms. The molecule has 4 rings (SSSR count). The van der Waals surface area contributed by atoms with Crippen LogP contribution < -0.4 is 5.32 Å². The fourth-order valence-corrected chi connectivity index (χ4v) is 3.81. The lowest BCUT2D eigenvalue weighted by Crippen LogP contribution is -2.45. The predicted octanol–water partition coefficient (Wildman–Crippen LogP) is 2.41. The summed E-state index contributed by atoms with van der Waals surface area (Å²) in [5, 5.41) is 3.02.